The first-order valence-electron chi connectivity index (χ1n) is 13.0. The van der Waals surface area contributed by atoms with E-state index in [-0.39, 0.29) is 23.8 Å². The maximum atomic E-state index is 13.1. The van der Waals surface area contributed by atoms with Crippen LogP contribution in [-0.4, -0.2) is 49.3 Å². The first-order valence-corrected chi connectivity index (χ1v) is 13.0. The van der Waals surface area contributed by atoms with Crippen LogP contribution >= 0.6 is 0 Å². The van der Waals surface area contributed by atoms with E-state index in [0.717, 1.165) is 43.6 Å². The minimum atomic E-state index is -0.770. The fourth-order valence-corrected chi connectivity index (χ4v) is 4.54. The molecule has 1 aliphatic heterocycles. The van der Waals surface area contributed by atoms with Crippen molar-refractivity contribution in [2.45, 2.75) is 66.6 Å². The number of carbonyl (C=O) groups is 1. The smallest absolute Gasteiger partial charge is 0.346 e. The number of ether oxygens (including phenoxy) is 4. The van der Waals surface area contributed by atoms with Gasteiger partial charge < -0.3 is 29.0 Å². The molecular formula is C29H41NO6. The Kier molecular flexibility index (Phi) is 10.0. The zero-order valence-electron chi connectivity index (χ0n) is 22.6. The number of benzene rings is 2. The largest absolute Gasteiger partial charge is 0.495 e. The molecule has 0 bridgehead atoms. The second kappa shape index (κ2) is 13.0. The van der Waals surface area contributed by atoms with Gasteiger partial charge in [0.1, 0.15) is 23.7 Å². The Labute approximate surface area is 215 Å². The number of esters is 1. The number of hydrogen-bond acceptors (Lipinski definition) is 7. The van der Waals surface area contributed by atoms with Gasteiger partial charge >= 0.3 is 5.97 Å². The third-order valence-electron chi connectivity index (χ3n) is 6.48. The summed E-state index contributed by atoms with van der Waals surface area (Å²) in [5.41, 5.74) is 2.46. The molecule has 198 valence electrons. The van der Waals surface area contributed by atoms with Gasteiger partial charge in [-0.2, -0.15) is 0 Å². The van der Waals surface area contributed by atoms with Crippen molar-refractivity contribution in [3.8, 4) is 23.0 Å². The minimum Gasteiger partial charge on any atom is -0.495 e. The Morgan fingerprint density at radius 3 is 2.56 bits per heavy atom. The zero-order valence-corrected chi connectivity index (χ0v) is 22.6. The van der Waals surface area contributed by atoms with Crippen molar-refractivity contribution in [2.24, 2.45) is 5.92 Å². The summed E-state index contributed by atoms with van der Waals surface area (Å²) in [7, 11) is 1.48. The van der Waals surface area contributed by atoms with Crippen molar-refractivity contribution >= 4 is 5.97 Å². The van der Waals surface area contributed by atoms with Crippen LogP contribution in [0.5, 0.6) is 23.0 Å². The van der Waals surface area contributed by atoms with Crippen LogP contribution in [0.2, 0.25) is 0 Å². The van der Waals surface area contributed by atoms with Crippen LogP contribution in [0.25, 0.3) is 0 Å². The molecule has 1 atom stereocenters. The van der Waals surface area contributed by atoms with Gasteiger partial charge in [0, 0.05) is 11.1 Å². The summed E-state index contributed by atoms with van der Waals surface area (Å²) in [6.07, 6.45) is 1.75. The number of aliphatic hydroxyl groups is 1. The van der Waals surface area contributed by atoms with E-state index in [9.17, 15) is 9.90 Å². The fraction of sp³-hybridized carbons (Fsp3) is 0.552. The van der Waals surface area contributed by atoms with Crippen LogP contribution in [0.15, 0.2) is 24.3 Å². The van der Waals surface area contributed by atoms with Crippen molar-refractivity contribution in [3.05, 3.63) is 46.5 Å². The third kappa shape index (κ3) is 6.71. The van der Waals surface area contributed by atoms with Crippen LogP contribution in [-0.2, 0) is 11.3 Å². The predicted molar refractivity (Wildman–Crippen MR) is 140 cm³/mol. The Balaban J connectivity index is 1.89. The number of nitrogens with zero attached hydrogens (tertiary/aromatic N) is 1. The minimum absolute atomic E-state index is 0.0511. The zero-order chi connectivity index (χ0) is 26.2. The van der Waals surface area contributed by atoms with Gasteiger partial charge in [0.15, 0.2) is 11.5 Å². The summed E-state index contributed by atoms with van der Waals surface area (Å²) >= 11 is 0. The van der Waals surface area contributed by atoms with Crippen molar-refractivity contribution in [3.63, 3.8) is 0 Å². The van der Waals surface area contributed by atoms with Crippen molar-refractivity contribution < 1.29 is 28.8 Å². The van der Waals surface area contributed by atoms with Gasteiger partial charge in [0.05, 0.1) is 19.8 Å². The fourth-order valence-electron chi connectivity index (χ4n) is 4.54. The number of unbranched alkanes of at least 4 members (excludes halogenated alkanes) is 1. The van der Waals surface area contributed by atoms with Gasteiger partial charge in [-0.3, -0.25) is 0 Å². The molecule has 1 heterocycles. The SMILES string of the molecule is CCN(CC)CCCCOc1cc(C)cc2c1Oc1ccc(C(O)CC(C)C)c(OC)c1C(=O)OC2. The Hall–Kier alpha value is -2.77. The number of aryl methyl sites for hydroxylation is 1. The predicted octanol–water partition coefficient (Wildman–Crippen LogP) is 6.05. The Morgan fingerprint density at radius 1 is 1.14 bits per heavy atom. The molecule has 0 saturated carbocycles. The molecule has 2 aromatic rings. The molecule has 0 aromatic heterocycles. The number of aliphatic hydroxyl groups excluding tert-OH is 1. The number of cyclic esters (lactones) is 1. The highest BCUT2D eigenvalue weighted by Crippen LogP contribution is 2.44. The van der Waals surface area contributed by atoms with E-state index in [1.165, 1.54) is 7.11 Å². The molecule has 1 N–H and O–H groups in total. The molecule has 36 heavy (non-hydrogen) atoms. The molecule has 7 heteroatoms. The van der Waals surface area contributed by atoms with Gasteiger partial charge in [-0.05, 0) is 81.6 Å². The number of carbonyl (C=O) groups excluding carboxylic acids is 1. The van der Waals surface area contributed by atoms with E-state index in [4.69, 9.17) is 18.9 Å². The molecule has 0 spiro atoms. The normalized spacial score (nSPS) is 13.9. The van der Waals surface area contributed by atoms with Crippen molar-refractivity contribution in [1.29, 1.82) is 0 Å². The topological polar surface area (TPSA) is 77.5 Å². The van der Waals surface area contributed by atoms with Gasteiger partial charge in [-0.1, -0.05) is 27.7 Å². The number of hydrogen-bond donors (Lipinski definition) is 1. The van der Waals surface area contributed by atoms with Crippen LogP contribution in [0.4, 0.5) is 0 Å². The van der Waals surface area contributed by atoms with E-state index in [2.05, 4.69) is 18.7 Å². The molecule has 7 nitrogen and oxygen atoms in total. The van der Waals surface area contributed by atoms with Gasteiger partial charge in [0.25, 0.3) is 0 Å². The highest BCUT2D eigenvalue weighted by molar-refractivity contribution is 5.96. The molecule has 1 aliphatic rings. The molecule has 2 aromatic carbocycles. The lowest BCUT2D eigenvalue weighted by atomic mass is 9.96. The lowest BCUT2D eigenvalue weighted by molar-refractivity contribution is 0.0453. The van der Waals surface area contributed by atoms with E-state index < -0.39 is 12.1 Å². The molecular weight excluding hydrogens is 458 g/mol. The van der Waals surface area contributed by atoms with E-state index in [0.29, 0.717) is 35.8 Å². The van der Waals surface area contributed by atoms with Crippen LogP contribution in [0.1, 0.15) is 80.1 Å². The van der Waals surface area contributed by atoms with Crippen LogP contribution in [0.3, 0.4) is 0 Å². The summed E-state index contributed by atoms with van der Waals surface area (Å²) in [4.78, 5) is 15.5. The molecule has 0 aliphatic carbocycles. The number of rotatable bonds is 12. The van der Waals surface area contributed by atoms with Gasteiger partial charge in [-0.25, -0.2) is 4.79 Å². The molecule has 3 rings (SSSR count). The van der Waals surface area contributed by atoms with Crippen molar-refractivity contribution in [1.82, 2.24) is 4.90 Å². The average Bonchev–Trinajstić information content (AvgIpc) is 2.84. The number of methoxy groups -OCH3 is 1. The summed E-state index contributed by atoms with van der Waals surface area (Å²) in [6, 6.07) is 7.34. The standard InChI is InChI=1S/C29H41NO6/c1-7-30(8-2)13-9-10-14-34-25-17-20(5)16-21-18-35-29(32)26-24(36-27(21)25)12-11-22(28(26)33-6)23(31)15-19(3)4/h11-12,16-17,19,23,31H,7-10,13-15,18H2,1-6H3. The first kappa shape index (κ1) is 27.8. The van der Waals surface area contributed by atoms with Crippen LogP contribution < -0.4 is 14.2 Å². The summed E-state index contributed by atoms with van der Waals surface area (Å²) in [5, 5.41) is 10.8. The Morgan fingerprint density at radius 2 is 1.89 bits per heavy atom. The summed E-state index contributed by atoms with van der Waals surface area (Å²) in [5.74, 6) is 1.48. The second-order valence-electron chi connectivity index (χ2n) is 9.72. The molecule has 0 saturated heterocycles. The van der Waals surface area contributed by atoms with Gasteiger partial charge in [0.2, 0.25) is 0 Å². The molecule has 0 fully saturated rings. The first-order chi connectivity index (χ1) is 17.3. The number of fused-ring (bicyclic) bond motifs is 2. The highest BCUT2D eigenvalue weighted by atomic mass is 16.6. The Bertz CT molecular complexity index is 1030. The highest BCUT2D eigenvalue weighted by Gasteiger charge is 2.30. The molecule has 0 amide bonds. The maximum absolute atomic E-state index is 13.1. The summed E-state index contributed by atoms with van der Waals surface area (Å²) < 4.78 is 23.8. The maximum Gasteiger partial charge on any atom is 0.346 e. The lowest BCUT2D eigenvalue weighted by Gasteiger charge is -2.24. The third-order valence-corrected chi connectivity index (χ3v) is 6.48. The van der Waals surface area contributed by atoms with Crippen molar-refractivity contribution in [2.75, 3.05) is 33.4 Å². The van der Waals surface area contributed by atoms with Gasteiger partial charge in [-0.15, -0.1) is 0 Å². The second-order valence-corrected chi connectivity index (χ2v) is 9.72. The van der Waals surface area contributed by atoms with E-state index in [1.807, 2.05) is 32.9 Å². The quantitative estimate of drug-likeness (QED) is 0.281. The van der Waals surface area contributed by atoms with E-state index in [1.54, 1.807) is 12.1 Å². The van der Waals surface area contributed by atoms with Crippen LogP contribution in [0, 0.1) is 12.8 Å². The lowest BCUT2D eigenvalue weighted by Crippen LogP contribution is -2.24. The monoisotopic (exact) mass is 499 g/mol. The summed E-state index contributed by atoms with van der Waals surface area (Å²) in [6.45, 7) is 14.2. The average molecular weight is 500 g/mol. The van der Waals surface area contributed by atoms with E-state index >= 15 is 0 Å². The molecule has 0 radical (unpaired) electrons. The molecule has 1 unspecified atom stereocenters.